The molecule has 62 valence electrons. The molecule has 0 aromatic rings. The minimum atomic E-state index is -0.385. The number of methoxy groups -OCH3 is 1. The number of rotatable bonds is 1. The third-order valence-electron chi connectivity index (χ3n) is 1.70. The van der Waals surface area contributed by atoms with Crippen LogP contribution >= 0.6 is 0 Å². The Morgan fingerprint density at radius 1 is 1.82 bits per heavy atom. The molecule has 0 amide bonds. The normalized spacial score (nSPS) is 23.5. The summed E-state index contributed by atoms with van der Waals surface area (Å²) in [6.07, 6.45) is 2.89. The molecule has 0 radical (unpaired) electrons. The summed E-state index contributed by atoms with van der Waals surface area (Å²) < 4.78 is 9.64. The largest absolute Gasteiger partial charge is 0.486 e. The van der Waals surface area contributed by atoms with Gasteiger partial charge in [-0.25, -0.2) is 4.79 Å². The van der Waals surface area contributed by atoms with Gasteiger partial charge in [-0.2, -0.15) is 0 Å². The van der Waals surface area contributed by atoms with Crippen molar-refractivity contribution in [3.8, 4) is 0 Å². The van der Waals surface area contributed by atoms with Crippen molar-refractivity contribution in [1.29, 1.82) is 0 Å². The number of esters is 1. The monoisotopic (exact) mass is 156 g/mol. The lowest BCUT2D eigenvalue weighted by Gasteiger charge is -2.18. The molecule has 1 unspecified atom stereocenters. The van der Waals surface area contributed by atoms with Crippen LogP contribution in [0, 0.1) is 0 Å². The van der Waals surface area contributed by atoms with Gasteiger partial charge in [-0.05, 0) is 25.3 Å². The average Bonchev–Trinajstić information content (AvgIpc) is 2.05. The topological polar surface area (TPSA) is 35.5 Å². The zero-order valence-electron chi connectivity index (χ0n) is 6.79. The van der Waals surface area contributed by atoms with Crippen molar-refractivity contribution in [2.75, 3.05) is 7.11 Å². The summed E-state index contributed by atoms with van der Waals surface area (Å²) in [5.41, 5.74) is 1.17. The van der Waals surface area contributed by atoms with Gasteiger partial charge in [-0.3, -0.25) is 0 Å². The molecular weight excluding hydrogens is 144 g/mol. The van der Waals surface area contributed by atoms with Gasteiger partial charge in [0, 0.05) is 0 Å². The smallest absolute Gasteiger partial charge is 0.347 e. The fourth-order valence-electron chi connectivity index (χ4n) is 0.989. The molecule has 0 aliphatic carbocycles. The van der Waals surface area contributed by atoms with E-state index in [0.717, 1.165) is 12.8 Å². The van der Waals surface area contributed by atoms with E-state index >= 15 is 0 Å². The van der Waals surface area contributed by atoms with Crippen molar-refractivity contribution < 1.29 is 14.3 Å². The first-order valence-electron chi connectivity index (χ1n) is 3.63. The highest BCUT2D eigenvalue weighted by Crippen LogP contribution is 2.17. The minimum Gasteiger partial charge on any atom is -0.486 e. The van der Waals surface area contributed by atoms with Crippen molar-refractivity contribution >= 4 is 5.97 Å². The van der Waals surface area contributed by atoms with Gasteiger partial charge < -0.3 is 9.47 Å². The number of carbonyl (C=O) groups excluding carboxylic acids is 1. The summed E-state index contributed by atoms with van der Waals surface area (Å²) in [4.78, 5) is 10.9. The molecule has 0 bridgehead atoms. The Morgan fingerprint density at radius 3 is 3.00 bits per heavy atom. The molecular formula is C8H12O3. The van der Waals surface area contributed by atoms with Crippen LogP contribution in [-0.2, 0) is 14.3 Å². The molecule has 1 aliphatic rings. The highest BCUT2D eigenvalue weighted by Gasteiger charge is 2.22. The van der Waals surface area contributed by atoms with E-state index in [1.807, 2.05) is 6.92 Å². The second-order valence-corrected chi connectivity index (χ2v) is 2.65. The quantitative estimate of drug-likeness (QED) is 0.536. The molecule has 3 nitrogen and oxygen atoms in total. The summed E-state index contributed by atoms with van der Waals surface area (Å²) in [7, 11) is 1.37. The van der Waals surface area contributed by atoms with Gasteiger partial charge in [0.25, 0.3) is 0 Å². The summed E-state index contributed by atoms with van der Waals surface area (Å²) in [6, 6.07) is 0. The van der Waals surface area contributed by atoms with Crippen molar-refractivity contribution in [3.63, 3.8) is 0 Å². The number of allylic oxidation sites excluding steroid dienone is 1. The molecule has 11 heavy (non-hydrogen) atoms. The predicted octanol–water partition coefficient (Wildman–Crippen LogP) is 1.24. The summed E-state index contributed by atoms with van der Waals surface area (Å²) in [5, 5.41) is 0. The minimum absolute atomic E-state index is 0.284. The molecule has 3 heteroatoms. The van der Waals surface area contributed by atoms with Crippen molar-refractivity contribution in [3.05, 3.63) is 11.8 Å². The molecule has 1 rings (SSSR count). The molecule has 0 aromatic heterocycles. The van der Waals surface area contributed by atoms with Gasteiger partial charge in [0.1, 0.15) is 0 Å². The van der Waals surface area contributed by atoms with Crippen LogP contribution in [0.25, 0.3) is 0 Å². The van der Waals surface area contributed by atoms with E-state index in [-0.39, 0.29) is 12.1 Å². The average molecular weight is 156 g/mol. The van der Waals surface area contributed by atoms with Gasteiger partial charge >= 0.3 is 5.97 Å². The van der Waals surface area contributed by atoms with Gasteiger partial charge in [0.2, 0.25) is 0 Å². The number of carbonyl (C=O) groups is 1. The van der Waals surface area contributed by atoms with E-state index in [1.165, 1.54) is 12.7 Å². The van der Waals surface area contributed by atoms with E-state index in [1.54, 1.807) is 6.26 Å². The maximum absolute atomic E-state index is 10.9. The van der Waals surface area contributed by atoms with E-state index in [0.29, 0.717) is 0 Å². The lowest BCUT2D eigenvalue weighted by atomic mass is 10.1. The lowest BCUT2D eigenvalue weighted by Crippen LogP contribution is -2.25. The van der Waals surface area contributed by atoms with Crippen molar-refractivity contribution in [1.82, 2.24) is 0 Å². The first kappa shape index (κ1) is 8.11. The lowest BCUT2D eigenvalue weighted by molar-refractivity contribution is -0.151. The molecule has 0 N–H and O–H groups in total. The molecule has 1 atom stereocenters. The third kappa shape index (κ3) is 1.97. The molecule has 0 aromatic carbocycles. The van der Waals surface area contributed by atoms with Gasteiger partial charge in [0.05, 0.1) is 13.4 Å². The zero-order valence-corrected chi connectivity index (χ0v) is 6.79. The van der Waals surface area contributed by atoms with Crippen LogP contribution in [0.2, 0.25) is 0 Å². The third-order valence-corrected chi connectivity index (χ3v) is 1.70. The zero-order chi connectivity index (χ0) is 8.27. The maximum Gasteiger partial charge on any atom is 0.347 e. The second-order valence-electron chi connectivity index (χ2n) is 2.65. The van der Waals surface area contributed by atoms with Gasteiger partial charge in [0.15, 0.2) is 6.10 Å². The summed E-state index contributed by atoms with van der Waals surface area (Å²) in [5.74, 6) is -0.284. The molecule has 0 fully saturated rings. The van der Waals surface area contributed by atoms with Crippen LogP contribution in [-0.4, -0.2) is 19.2 Å². The molecule has 1 heterocycles. The SMILES string of the molecule is COC(=O)C1CCC(C)=CO1. The molecule has 1 aliphatic heterocycles. The van der Waals surface area contributed by atoms with E-state index < -0.39 is 0 Å². The van der Waals surface area contributed by atoms with Crippen LogP contribution < -0.4 is 0 Å². The van der Waals surface area contributed by atoms with Gasteiger partial charge in [-0.15, -0.1) is 0 Å². The standard InChI is InChI=1S/C8H12O3/c1-6-3-4-7(11-5-6)8(9)10-2/h5,7H,3-4H2,1-2H3. The first-order valence-corrected chi connectivity index (χ1v) is 3.63. The Hall–Kier alpha value is -0.990. The number of ether oxygens (including phenoxy) is 2. The van der Waals surface area contributed by atoms with E-state index in [2.05, 4.69) is 4.74 Å². The predicted molar refractivity (Wildman–Crippen MR) is 39.9 cm³/mol. The van der Waals surface area contributed by atoms with Crippen molar-refractivity contribution in [2.24, 2.45) is 0 Å². The Balaban J connectivity index is 2.47. The Kier molecular flexibility index (Phi) is 2.52. The summed E-state index contributed by atoms with van der Waals surface area (Å²) in [6.45, 7) is 1.98. The van der Waals surface area contributed by atoms with Crippen LogP contribution in [0.5, 0.6) is 0 Å². The van der Waals surface area contributed by atoms with Crippen LogP contribution in [0.3, 0.4) is 0 Å². The second kappa shape index (κ2) is 3.42. The van der Waals surface area contributed by atoms with Crippen LogP contribution in [0.4, 0.5) is 0 Å². The molecule has 0 spiro atoms. The highest BCUT2D eigenvalue weighted by molar-refractivity contribution is 5.74. The van der Waals surface area contributed by atoms with Crippen molar-refractivity contribution in [2.45, 2.75) is 25.9 Å². The highest BCUT2D eigenvalue weighted by atomic mass is 16.6. The molecule has 0 saturated heterocycles. The maximum atomic E-state index is 10.9. The fourth-order valence-corrected chi connectivity index (χ4v) is 0.989. The van der Waals surface area contributed by atoms with Crippen LogP contribution in [0.1, 0.15) is 19.8 Å². The van der Waals surface area contributed by atoms with Gasteiger partial charge in [-0.1, -0.05) is 0 Å². The van der Waals surface area contributed by atoms with E-state index in [4.69, 9.17) is 4.74 Å². The Bertz CT molecular complexity index is 184. The number of hydrogen-bond donors (Lipinski definition) is 0. The Labute approximate surface area is 66.0 Å². The molecule has 0 saturated carbocycles. The first-order chi connectivity index (χ1) is 5.24. The Morgan fingerprint density at radius 2 is 2.55 bits per heavy atom. The van der Waals surface area contributed by atoms with Crippen LogP contribution in [0.15, 0.2) is 11.8 Å². The fraction of sp³-hybridized carbons (Fsp3) is 0.625. The number of hydrogen-bond acceptors (Lipinski definition) is 3. The van der Waals surface area contributed by atoms with E-state index in [9.17, 15) is 4.79 Å². The summed E-state index contributed by atoms with van der Waals surface area (Å²) >= 11 is 0.